The van der Waals surface area contributed by atoms with E-state index in [9.17, 15) is 9.90 Å². The maximum absolute atomic E-state index is 12.8. The number of nitrogens with zero attached hydrogens (tertiary/aromatic N) is 2. The van der Waals surface area contributed by atoms with Crippen LogP contribution in [0, 0.1) is 0 Å². The number of hydrogen-bond donors (Lipinski definition) is 2. The number of carbonyl (C=O) groups excluding carboxylic acids is 1. The number of aromatic hydroxyl groups is 1. The minimum Gasteiger partial charge on any atom is -0.507 e. The summed E-state index contributed by atoms with van der Waals surface area (Å²) in [6, 6.07) is 22.1. The van der Waals surface area contributed by atoms with E-state index in [0.717, 1.165) is 20.9 Å². The third kappa shape index (κ3) is 4.49. The number of rotatable bonds is 4. The number of pyridine rings is 1. The average molecular weight is 472 g/mol. The second kappa shape index (κ2) is 9.10. The number of fused-ring (bicyclic) bond motifs is 2. The third-order valence-corrected chi connectivity index (χ3v) is 6.58. The highest BCUT2D eigenvalue weighted by molar-refractivity contribution is 7.99. The Hall–Kier alpha value is -3.61. The molecule has 1 aliphatic heterocycles. The van der Waals surface area contributed by atoms with E-state index in [4.69, 9.17) is 16.6 Å². The fourth-order valence-corrected chi connectivity index (χ4v) is 4.75. The van der Waals surface area contributed by atoms with Crippen molar-refractivity contribution < 1.29 is 9.90 Å². The molecular formula is C26H18ClN3O2S. The van der Waals surface area contributed by atoms with Crippen molar-refractivity contribution in [3.05, 3.63) is 112 Å². The number of aliphatic imine (C=N–C) groups is 1. The van der Waals surface area contributed by atoms with Gasteiger partial charge in [0.1, 0.15) is 5.75 Å². The fourth-order valence-electron chi connectivity index (χ4n) is 3.58. The smallest absolute Gasteiger partial charge is 0.251 e. The van der Waals surface area contributed by atoms with Crippen molar-refractivity contribution >= 4 is 40.7 Å². The van der Waals surface area contributed by atoms with Crippen molar-refractivity contribution in [2.75, 3.05) is 0 Å². The molecule has 0 saturated carbocycles. The van der Waals surface area contributed by atoms with E-state index in [1.165, 1.54) is 6.07 Å². The zero-order valence-electron chi connectivity index (χ0n) is 17.3. The first-order valence-electron chi connectivity index (χ1n) is 10.2. The van der Waals surface area contributed by atoms with Crippen molar-refractivity contribution in [1.82, 2.24) is 10.3 Å². The maximum atomic E-state index is 12.8. The molecule has 0 unspecified atom stereocenters. The summed E-state index contributed by atoms with van der Waals surface area (Å²) in [6.07, 6.45) is 3.42. The van der Waals surface area contributed by atoms with Gasteiger partial charge in [0.2, 0.25) is 0 Å². The molecule has 5 nitrogen and oxygen atoms in total. The van der Waals surface area contributed by atoms with Gasteiger partial charge in [-0.15, -0.1) is 0 Å². The maximum Gasteiger partial charge on any atom is 0.251 e. The van der Waals surface area contributed by atoms with Crippen LogP contribution in [-0.2, 0) is 6.54 Å². The Kier molecular flexibility index (Phi) is 5.86. The van der Waals surface area contributed by atoms with Crippen molar-refractivity contribution in [2.24, 2.45) is 4.99 Å². The quantitative estimate of drug-likeness (QED) is 0.337. The molecule has 162 valence electrons. The molecule has 2 N–H and O–H groups in total. The van der Waals surface area contributed by atoms with E-state index in [1.54, 1.807) is 48.4 Å². The van der Waals surface area contributed by atoms with Gasteiger partial charge in [0, 0.05) is 50.4 Å². The molecule has 0 spiro atoms. The molecule has 1 aliphatic rings. The fraction of sp³-hybridized carbons (Fsp3) is 0.0385. The van der Waals surface area contributed by atoms with Crippen molar-refractivity contribution in [1.29, 1.82) is 0 Å². The van der Waals surface area contributed by atoms with Gasteiger partial charge in [0.15, 0.2) is 0 Å². The Morgan fingerprint density at radius 2 is 1.85 bits per heavy atom. The predicted molar refractivity (Wildman–Crippen MR) is 131 cm³/mol. The largest absolute Gasteiger partial charge is 0.507 e. The first-order valence-corrected chi connectivity index (χ1v) is 11.4. The van der Waals surface area contributed by atoms with Gasteiger partial charge in [0.25, 0.3) is 5.91 Å². The molecule has 1 amide bonds. The van der Waals surface area contributed by atoms with Gasteiger partial charge in [-0.3, -0.25) is 9.78 Å². The average Bonchev–Trinajstić information content (AvgIpc) is 2.99. The summed E-state index contributed by atoms with van der Waals surface area (Å²) in [4.78, 5) is 23.7. The van der Waals surface area contributed by atoms with Crippen molar-refractivity contribution in [2.45, 2.75) is 16.3 Å². The molecule has 0 fully saturated rings. The van der Waals surface area contributed by atoms with Gasteiger partial charge in [0.05, 0.1) is 11.4 Å². The van der Waals surface area contributed by atoms with Crippen LogP contribution in [-0.4, -0.2) is 21.7 Å². The Bertz CT molecular complexity index is 1390. The summed E-state index contributed by atoms with van der Waals surface area (Å²) >= 11 is 7.63. The highest BCUT2D eigenvalue weighted by Crippen LogP contribution is 2.42. The Balaban J connectivity index is 1.54. The predicted octanol–water partition coefficient (Wildman–Crippen LogP) is 6.00. The summed E-state index contributed by atoms with van der Waals surface area (Å²) in [5.41, 5.74) is 4.19. The molecule has 0 radical (unpaired) electrons. The monoisotopic (exact) mass is 471 g/mol. The van der Waals surface area contributed by atoms with Crippen LogP contribution in [0.3, 0.4) is 0 Å². The Morgan fingerprint density at radius 3 is 2.67 bits per heavy atom. The first kappa shape index (κ1) is 21.2. The third-order valence-electron chi connectivity index (χ3n) is 5.21. The summed E-state index contributed by atoms with van der Waals surface area (Å²) in [7, 11) is 0. The minimum atomic E-state index is -0.195. The minimum absolute atomic E-state index is 0.0508. The zero-order valence-corrected chi connectivity index (χ0v) is 18.9. The van der Waals surface area contributed by atoms with E-state index in [0.29, 0.717) is 34.1 Å². The van der Waals surface area contributed by atoms with Crippen LogP contribution in [0.25, 0.3) is 0 Å². The SMILES string of the molecule is O=C(NCc1cccnc1)c1ccc2c(c1)N=C(c1ccc(Cl)cc1O)c1ccccc1S2. The molecule has 0 bridgehead atoms. The van der Waals surface area contributed by atoms with Crippen molar-refractivity contribution in [3.8, 4) is 5.75 Å². The Labute approximate surface area is 200 Å². The van der Waals surface area contributed by atoms with Crippen LogP contribution in [0.15, 0.2) is 100.0 Å². The molecule has 0 atom stereocenters. The number of hydrogen-bond acceptors (Lipinski definition) is 5. The summed E-state index contributed by atoms with van der Waals surface area (Å²) in [5.74, 6) is -0.144. The lowest BCUT2D eigenvalue weighted by Crippen LogP contribution is -2.22. The van der Waals surface area contributed by atoms with Gasteiger partial charge in [-0.1, -0.05) is 47.6 Å². The van der Waals surface area contributed by atoms with Gasteiger partial charge in [-0.25, -0.2) is 4.99 Å². The molecular weight excluding hydrogens is 454 g/mol. The van der Waals surface area contributed by atoms with E-state index in [-0.39, 0.29) is 11.7 Å². The van der Waals surface area contributed by atoms with Crippen LogP contribution in [0.2, 0.25) is 5.02 Å². The van der Waals surface area contributed by atoms with Crippen molar-refractivity contribution in [3.63, 3.8) is 0 Å². The van der Waals surface area contributed by atoms with Crippen LogP contribution in [0.4, 0.5) is 5.69 Å². The van der Waals surface area contributed by atoms with Crippen LogP contribution < -0.4 is 5.32 Å². The summed E-state index contributed by atoms with van der Waals surface area (Å²) in [5, 5.41) is 14.0. The molecule has 3 aromatic carbocycles. The normalized spacial score (nSPS) is 12.2. The Morgan fingerprint density at radius 1 is 0.970 bits per heavy atom. The standard InChI is InChI=1S/C26H18ClN3O2S/c27-18-8-9-19(22(31)13-18)25-20-5-1-2-6-23(20)33-24-10-7-17(12-21(24)30-25)26(32)29-15-16-4-3-11-28-14-16/h1-14,31H,15H2,(H,29,32). The molecule has 0 saturated heterocycles. The van der Waals surface area contributed by atoms with E-state index in [2.05, 4.69) is 10.3 Å². The lowest BCUT2D eigenvalue weighted by atomic mass is 10.0. The number of nitrogens with one attached hydrogen (secondary N) is 1. The summed E-state index contributed by atoms with van der Waals surface area (Å²) in [6.45, 7) is 0.386. The topological polar surface area (TPSA) is 74.6 Å². The highest BCUT2D eigenvalue weighted by Gasteiger charge is 2.21. The zero-order chi connectivity index (χ0) is 22.8. The number of phenolic OH excluding ortho intramolecular Hbond substituents is 1. The van der Waals surface area contributed by atoms with E-state index < -0.39 is 0 Å². The number of benzene rings is 3. The molecule has 0 aliphatic carbocycles. The number of aromatic nitrogens is 1. The van der Waals surface area contributed by atoms with Gasteiger partial charge >= 0.3 is 0 Å². The lowest BCUT2D eigenvalue weighted by molar-refractivity contribution is 0.0951. The van der Waals surface area contributed by atoms with Crippen LogP contribution in [0.5, 0.6) is 5.75 Å². The summed E-state index contributed by atoms with van der Waals surface area (Å²) < 4.78 is 0. The van der Waals surface area contributed by atoms with E-state index in [1.807, 2.05) is 42.5 Å². The second-order valence-corrected chi connectivity index (χ2v) is 8.97. The van der Waals surface area contributed by atoms with Gasteiger partial charge in [-0.2, -0.15) is 0 Å². The van der Waals surface area contributed by atoms with Crippen LogP contribution in [0.1, 0.15) is 27.0 Å². The number of halogens is 1. The second-order valence-electron chi connectivity index (χ2n) is 7.45. The number of phenols is 1. The number of carbonyl (C=O) groups is 1. The molecule has 2 heterocycles. The molecule has 7 heteroatoms. The van der Waals surface area contributed by atoms with Gasteiger partial charge in [-0.05, 0) is 54.1 Å². The molecule has 33 heavy (non-hydrogen) atoms. The first-order chi connectivity index (χ1) is 16.1. The molecule has 4 aromatic rings. The van der Waals surface area contributed by atoms with E-state index >= 15 is 0 Å². The van der Waals surface area contributed by atoms with Gasteiger partial charge < -0.3 is 10.4 Å². The molecule has 5 rings (SSSR count). The number of amides is 1. The molecule has 1 aromatic heterocycles. The van der Waals surface area contributed by atoms with Crippen LogP contribution >= 0.6 is 23.4 Å². The lowest BCUT2D eigenvalue weighted by Gasteiger charge is -2.10. The highest BCUT2D eigenvalue weighted by atomic mass is 35.5.